The highest BCUT2D eigenvalue weighted by Gasteiger charge is 2.22. The van der Waals surface area contributed by atoms with Gasteiger partial charge in [-0.1, -0.05) is 6.07 Å². The summed E-state index contributed by atoms with van der Waals surface area (Å²) >= 11 is 0. The topological polar surface area (TPSA) is 88.2 Å². The van der Waals surface area contributed by atoms with Crippen LogP contribution in [0.25, 0.3) is 0 Å². The number of nitrogens with one attached hydrogen (secondary N) is 1. The molecule has 3 amide bonds. The Labute approximate surface area is 167 Å². The van der Waals surface area contributed by atoms with Crippen LogP contribution in [0.5, 0.6) is 11.5 Å². The second-order valence-electron chi connectivity index (χ2n) is 6.53. The molecule has 160 valence electrons. The van der Waals surface area contributed by atoms with Gasteiger partial charge in [0, 0.05) is 52.5 Å². The first kappa shape index (κ1) is 22.4. The van der Waals surface area contributed by atoms with Crippen molar-refractivity contribution in [3.63, 3.8) is 0 Å². The summed E-state index contributed by atoms with van der Waals surface area (Å²) in [6.07, 6.45) is 0.117. The van der Waals surface area contributed by atoms with Crippen LogP contribution in [0.4, 0.5) is 8.78 Å². The van der Waals surface area contributed by atoms with E-state index < -0.39 is 6.61 Å². The molecule has 1 heterocycles. The van der Waals surface area contributed by atoms with Crippen molar-refractivity contribution in [2.75, 3.05) is 33.3 Å². The molecule has 8 nitrogen and oxygen atoms in total. The summed E-state index contributed by atoms with van der Waals surface area (Å²) in [6, 6.07) is 4.38. The van der Waals surface area contributed by atoms with Gasteiger partial charge in [0.25, 0.3) is 0 Å². The van der Waals surface area contributed by atoms with Gasteiger partial charge < -0.3 is 24.6 Å². The van der Waals surface area contributed by atoms with Crippen molar-refractivity contribution in [3.05, 3.63) is 23.8 Å². The Bertz CT molecular complexity index is 737. The van der Waals surface area contributed by atoms with Crippen LogP contribution in [0.1, 0.15) is 25.3 Å². The van der Waals surface area contributed by atoms with Gasteiger partial charge in [-0.05, 0) is 17.7 Å². The Kier molecular flexibility index (Phi) is 8.17. The lowest BCUT2D eigenvalue weighted by Gasteiger charge is -2.34. The molecule has 1 aromatic carbocycles. The van der Waals surface area contributed by atoms with Crippen LogP contribution in [0.3, 0.4) is 0 Å². The van der Waals surface area contributed by atoms with E-state index in [1.165, 1.54) is 26.2 Å². The molecule has 1 fully saturated rings. The van der Waals surface area contributed by atoms with Gasteiger partial charge in [-0.15, -0.1) is 0 Å². The molecule has 1 aliphatic heterocycles. The zero-order valence-electron chi connectivity index (χ0n) is 16.5. The number of piperazine rings is 1. The maximum atomic E-state index is 12.3. The van der Waals surface area contributed by atoms with Gasteiger partial charge >= 0.3 is 6.61 Å². The Morgan fingerprint density at radius 2 is 1.72 bits per heavy atom. The van der Waals surface area contributed by atoms with E-state index >= 15 is 0 Å². The van der Waals surface area contributed by atoms with Crippen LogP contribution in [0, 0.1) is 0 Å². The fourth-order valence-corrected chi connectivity index (χ4v) is 2.95. The van der Waals surface area contributed by atoms with Gasteiger partial charge in [0.05, 0.1) is 7.11 Å². The first-order valence-corrected chi connectivity index (χ1v) is 9.22. The second-order valence-corrected chi connectivity index (χ2v) is 6.53. The molecule has 1 N–H and O–H groups in total. The fraction of sp³-hybridized carbons (Fsp3) is 0.526. The maximum absolute atomic E-state index is 12.3. The standard InChI is InChI=1S/C19H25F2N3O5/c1-13(25)23-7-9-24(10-8-23)18(27)6-5-17(26)22-12-14-3-4-15(29-19(20)21)16(11-14)28-2/h3-4,11,19H,5-10,12H2,1-2H3,(H,22,26). The lowest BCUT2D eigenvalue weighted by Crippen LogP contribution is -2.50. The van der Waals surface area contributed by atoms with Crippen molar-refractivity contribution in [1.82, 2.24) is 15.1 Å². The number of methoxy groups -OCH3 is 1. The number of ether oxygens (including phenoxy) is 2. The number of carbonyl (C=O) groups is 3. The third kappa shape index (κ3) is 6.88. The molecular formula is C19H25F2N3O5. The largest absolute Gasteiger partial charge is 0.493 e. The third-order valence-electron chi connectivity index (χ3n) is 4.58. The van der Waals surface area contributed by atoms with Crippen molar-refractivity contribution < 1.29 is 32.6 Å². The number of amides is 3. The van der Waals surface area contributed by atoms with Crippen LogP contribution >= 0.6 is 0 Å². The number of benzene rings is 1. The molecule has 0 radical (unpaired) electrons. The predicted octanol–water partition coefficient (Wildman–Crippen LogP) is 1.38. The normalized spacial score (nSPS) is 14.0. The second kappa shape index (κ2) is 10.6. The molecule has 29 heavy (non-hydrogen) atoms. The van der Waals surface area contributed by atoms with E-state index in [9.17, 15) is 23.2 Å². The van der Waals surface area contributed by atoms with Gasteiger partial charge in [0.2, 0.25) is 17.7 Å². The first-order valence-electron chi connectivity index (χ1n) is 9.22. The predicted molar refractivity (Wildman–Crippen MR) is 99.5 cm³/mol. The van der Waals surface area contributed by atoms with Crippen molar-refractivity contribution in [2.45, 2.75) is 32.9 Å². The molecule has 0 aromatic heterocycles. The van der Waals surface area contributed by atoms with Crippen LogP contribution in [-0.4, -0.2) is 67.4 Å². The van der Waals surface area contributed by atoms with E-state index in [0.29, 0.717) is 31.7 Å². The molecule has 0 saturated carbocycles. The van der Waals surface area contributed by atoms with Crippen LogP contribution in [0.15, 0.2) is 18.2 Å². The first-order chi connectivity index (χ1) is 13.8. The highest BCUT2D eigenvalue weighted by atomic mass is 19.3. The smallest absolute Gasteiger partial charge is 0.387 e. The van der Waals surface area contributed by atoms with E-state index in [1.54, 1.807) is 15.9 Å². The Morgan fingerprint density at radius 1 is 1.07 bits per heavy atom. The summed E-state index contributed by atoms with van der Waals surface area (Å²) in [5, 5.41) is 2.68. The van der Waals surface area contributed by atoms with E-state index in [2.05, 4.69) is 10.1 Å². The Hall–Kier alpha value is -2.91. The Balaban J connectivity index is 1.76. The number of nitrogens with zero attached hydrogens (tertiary/aromatic N) is 2. The summed E-state index contributed by atoms with van der Waals surface area (Å²) in [5.74, 6) is -0.391. The van der Waals surface area contributed by atoms with Crippen molar-refractivity contribution in [3.8, 4) is 11.5 Å². The highest BCUT2D eigenvalue weighted by Crippen LogP contribution is 2.29. The lowest BCUT2D eigenvalue weighted by atomic mass is 10.2. The molecule has 0 atom stereocenters. The van der Waals surface area contributed by atoms with E-state index in [4.69, 9.17) is 4.74 Å². The molecule has 10 heteroatoms. The zero-order valence-corrected chi connectivity index (χ0v) is 16.5. The summed E-state index contributed by atoms with van der Waals surface area (Å²) in [5.41, 5.74) is 0.642. The highest BCUT2D eigenvalue weighted by molar-refractivity contribution is 5.84. The minimum Gasteiger partial charge on any atom is -0.493 e. The minimum atomic E-state index is -2.96. The quantitative estimate of drug-likeness (QED) is 0.696. The molecule has 0 unspecified atom stereocenters. The summed E-state index contributed by atoms with van der Waals surface area (Å²) in [4.78, 5) is 38.9. The average Bonchev–Trinajstić information content (AvgIpc) is 2.70. The van der Waals surface area contributed by atoms with Gasteiger partial charge in [-0.25, -0.2) is 0 Å². The lowest BCUT2D eigenvalue weighted by molar-refractivity contribution is -0.139. The molecule has 1 saturated heterocycles. The van der Waals surface area contributed by atoms with Crippen LogP contribution in [0.2, 0.25) is 0 Å². The third-order valence-corrected chi connectivity index (χ3v) is 4.58. The van der Waals surface area contributed by atoms with E-state index in [1.807, 2.05) is 0 Å². The molecule has 1 aromatic rings. The monoisotopic (exact) mass is 413 g/mol. The number of halogens is 2. The summed E-state index contributed by atoms with van der Waals surface area (Å²) < 4.78 is 34.1. The molecular weight excluding hydrogens is 388 g/mol. The van der Waals surface area contributed by atoms with E-state index in [-0.39, 0.29) is 48.6 Å². The SMILES string of the molecule is COc1cc(CNC(=O)CCC(=O)N2CCN(C(C)=O)CC2)ccc1OC(F)F. The molecule has 2 rings (SSSR count). The van der Waals surface area contributed by atoms with Crippen LogP contribution < -0.4 is 14.8 Å². The minimum absolute atomic E-state index is 0.0121. The number of carbonyl (C=O) groups excluding carboxylic acids is 3. The van der Waals surface area contributed by atoms with Crippen molar-refractivity contribution in [2.24, 2.45) is 0 Å². The molecule has 0 spiro atoms. The molecule has 0 aliphatic carbocycles. The van der Waals surface area contributed by atoms with Crippen molar-refractivity contribution in [1.29, 1.82) is 0 Å². The summed E-state index contributed by atoms with van der Waals surface area (Å²) in [7, 11) is 1.33. The average molecular weight is 413 g/mol. The number of rotatable bonds is 8. The van der Waals surface area contributed by atoms with Gasteiger partial charge in [-0.2, -0.15) is 8.78 Å². The zero-order chi connectivity index (χ0) is 21.4. The van der Waals surface area contributed by atoms with Crippen molar-refractivity contribution >= 4 is 17.7 Å². The number of hydrogen-bond acceptors (Lipinski definition) is 5. The van der Waals surface area contributed by atoms with Gasteiger partial charge in [0.1, 0.15) is 0 Å². The summed E-state index contributed by atoms with van der Waals surface area (Å²) in [6.45, 7) is 0.629. The van der Waals surface area contributed by atoms with Gasteiger partial charge in [-0.3, -0.25) is 14.4 Å². The molecule has 1 aliphatic rings. The fourth-order valence-electron chi connectivity index (χ4n) is 2.95. The Morgan fingerprint density at radius 3 is 2.31 bits per heavy atom. The van der Waals surface area contributed by atoms with Crippen LogP contribution in [-0.2, 0) is 20.9 Å². The number of alkyl halides is 2. The molecule has 0 bridgehead atoms. The van der Waals surface area contributed by atoms with Gasteiger partial charge in [0.15, 0.2) is 11.5 Å². The number of hydrogen-bond donors (Lipinski definition) is 1. The van der Waals surface area contributed by atoms with E-state index in [0.717, 1.165) is 0 Å². The maximum Gasteiger partial charge on any atom is 0.387 e.